The van der Waals surface area contributed by atoms with Crippen molar-refractivity contribution in [3.05, 3.63) is 40.3 Å². The summed E-state index contributed by atoms with van der Waals surface area (Å²) in [5.74, 6) is 0.0827. The Morgan fingerprint density at radius 2 is 2.03 bits per heavy atom. The molecule has 1 aromatic rings. The second kappa shape index (κ2) is 15.1. The molecule has 12 heteroatoms. The minimum absolute atomic E-state index is 0.00394. The number of carboxylic acid groups (broad SMARTS) is 1. The first-order valence-corrected chi connectivity index (χ1v) is 13.0. The van der Waals surface area contributed by atoms with Crippen LogP contribution in [-0.2, 0) is 4.79 Å². The molecule has 4 atom stereocenters. The van der Waals surface area contributed by atoms with Crippen LogP contribution in [0.2, 0.25) is 0 Å². The van der Waals surface area contributed by atoms with Crippen LogP contribution >= 0.6 is 11.8 Å². The molecule has 0 bridgehead atoms. The molecule has 2 heterocycles. The van der Waals surface area contributed by atoms with Crippen LogP contribution in [0.5, 0.6) is 0 Å². The molecule has 2 aliphatic heterocycles. The van der Waals surface area contributed by atoms with Crippen molar-refractivity contribution in [1.29, 1.82) is 0 Å². The number of amides is 3. The molecule has 3 rings (SSSR count). The van der Waals surface area contributed by atoms with Gasteiger partial charge in [-0.3, -0.25) is 9.59 Å². The van der Waals surface area contributed by atoms with Crippen molar-refractivity contribution in [2.45, 2.75) is 75.2 Å². The van der Waals surface area contributed by atoms with Gasteiger partial charge in [0.1, 0.15) is 0 Å². The second-order valence-corrected chi connectivity index (χ2v) is 9.82. The van der Waals surface area contributed by atoms with Crippen LogP contribution in [0.1, 0.15) is 62.2 Å². The molecule has 192 valence electrons. The average Bonchev–Trinajstić information content (AvgIpc) is 3.39. The Morgan fingerprint density at radius 3 is 2.66 bits per heavy atom. The fourth-order valence-electron chi connectivity index (χ4n) is 3.96. The van der Waals surface area contributed by atoms with Crippen LogP contribution in [0, 0.1) is 0 Å². The Hall–Kier alpha value is -2.95. The van der Waals surface area contributed by atoms with Gasteiger partial charge in [-0.1, -0.05) is 43.4 Å². The number of fused-ring (bicyclic) bond motifs is 1. The van der Waals surface area contributed by atoms with Crippen molar-refractivity contribution in [2.75, 3.05) is 12.3 Å². The molecule has 0 saturated carbocycles. The van der Waals surface area contributed by atoms with Crippen LogP contribution in [0.4, 0.5) is 10.5 Å². The molecule has 2 aliphatic rings. The van der Waals surface area contributed by atoms with Gasteiger partial charge in [-0.15, -0.1) is 0 Å². The number of carboxylic acids is 1. The average molecular weight is 506 g/mol. The third-order valence-corrected chi connectivity index (χ3v) is 7.39. The number of nitrogens with zero attached hydrogens (tertiary/aromatic N) is 3. The second-order valence-electron chi connectivity index (χ2n) is 8.55. The number of thioether (sulfide) groups is 1. The Morgan fingerprint density at radius 1 is 1.29 bits per heavy atom. The predicted octanol–water partition coefficient (Wildman–Crippen LogP) is 3.67. The number of rotatable bonds is 12. The van der Waals surface area contributed by atoms with E-state index in [1.807, 2.05) is 11.8 Å². The number of aliphatic carboxylic acids is 1. The number of nitrogens with one attached hydrogen (secondary N) is 3. The van der Waals surface area contributed by atoms with Crippen LogP contribution < -0.4 is 21.7 Å². The summed E-state index contributed by atoms with van der Waals surface area (Å²) < 4.78 is 0. The summed E-state index contributed by atoms with van der Waals surface area (Å²) in [4.78, 5) is 36.1. The first kappa shape index (κ1) is 28.3. The number of azide groups is 1. The van der Waals surface area contributed by atoms with Gasteiger partial charge >= 0.3 is 12.0 Å². The molecule has 2 fully saturated rings. The monoisotopic (exact) mass is 505 g/mol. The summed E-state index contributed by atoms with van der Waals surface area (Å²) in [6.45, 7) is 2.53. The Balaban J connectivity index is 0.000000250. The summed E-state index contributed by atoms with van der Waals surface area (Å²) in [7, 11) is 0. The minimum atomic E-state index is -0.729. The maximum absolute atomic E-state index is 12.0. The standard InChI is InChI=1S/C13H19N5O.C10H16N2O3S/c1-2-3-4-12(9-14)16-13(19)10-5-7-11(8-6-10)17-18-15;13-8(14)4-2-1-3-7-9-6(5-16-7)11-10(15)12-9/h5-8,12H,2-4,9,14H2,1H3,(H,16,19);6-7,9H,1-5H2,(H,13,14)(H2,11,12,15)/t;6-,7-,9-/m.0/s1. The lowest BCUT2D eigenvalue weighted by Crippen LogP contribution is -2.40. The topological polar surface area (TPSA) is 182 Å². The molecular formula is C23H35N7O4S. The SMILES string of the molecule is CCCCC(CN)NC(=O)c1ccc(N=[N+]=[N-])cc1.O=C(O)CCCC[C@@H]1SC[C@@H]2NC(=O)N[C@@H]21. The highest BCUT2D eigenvalue weighted by molar-refractivity contribution is 8.00. The molecule has 11 nitrogen and oxygen atoms in total. The van der Waals surface area contributed by atoms with Gasteiger partial charge < -0.3 is 26.8 Å². The fourth-order valence-corrected chi connectivity index (χ4v) is 5.51. The van der Waals surface area contributed by atoms with Crippen molar-refractivity contribution in [3.63, 3.8) is 0 Å². The molecule has 6 N–H and O–H groups in total. The molecule has 0 aliphatic carbocycles. The molecule has 0 aromatic heterocycles. The lowest BCUT2D eigenvalue weighted by molar-refractivity contribution is -0.137. The predicted molar refractivity (Wildman–Crippen MR) is 137 cm³/mol. The minimum Gasteiger partial charge on any atom is -0.481 e. The summed E-state index contributed by atoms with van der Waals surface area (Å²) in [5.41, 5.74) is 15.0. The van der Waals surface area contributed by atoms with Gasteiger partial charge in [0.05, 0.1) is 12.1 Å². The molecule has 35 heavy (non-hydrogen) atoms. The van der Waals surface area contributed by atoms with Crippen LogP contribution in [-0.4, -0.2) is 58.7 Å². The lowest BCUT2D eigenvalue weighted by atomic mass is 10.0. The maximum Gasteiger partial charge on any atom is 0.315 e. The van der Waals surface area contributed by atoms with Gasteiger partial charge in [0.25, 0.3) is 5.91 Å². The molecule has 2 saturated heterocycles. The number of urea groups is 1. The smallest absolute Gasteiger partial charge is 0.315 e. The zero-order valence-electron chi connectivity index (χ0n) is 20.0. The van der Waals surface area contributed by atoms with Crippen molar-refractivity contribution in [1.82, 2.24) is 16.0 Å². The van der Waals surface area contributed by atoms with E-state index in [9.17, 15) is 14.4 Å². The number of unbranched alkanes of at least 4 members (excludes halogenated alkanes) is 2. The Labute approximate surface area is 209 Å². The van der Waals surface area contributed by atoms with E-state index in [1.165, 1.54) is 0 Å². The highest BCUT2D eigenvalue weighted by Gasteiger charge is 2.42. The Bertz CT molecular complexity index is 892. The summed E-state index contributed by atoms with van der Waals surface area (Å²) in [6, 6.07) is 6.93. The van der Waals surface area contributed by atoms with Gasteiger partial charge in [0.2, 0.25) is 0 Å². The molecular weight excluding hydrogens is 470 g/mol. The molecule has 1 aromatic carbocycles. The normalized spacial score (nSPS) is 20.9. The van der Waals surface area contributed by atoms with Gasteiger partial charge in [-0.25, -0.2) is 4.79 Å². The van der Waals surface area contributed by atoms with Crippen molar-refractivity contribution < 1.29 is 19.5 Å². The highest BCUT2D eigenvalue weighted by atomic mass is 32.2. The van der Waals surface area contributed by atoms with Crippen LogP contribution in [0.15, 0.2) is 29.4 Å². The summed E-state index contributed by atoms with van der Waals surface area (Å²) in [6.07, 6.45) is 5.88. The van der Waals surface area contributed by atoms with E-state index in [0.29, 0.717) is 23.0 Å². The summed E-state index contributed by atoms with van der Waals surface area (Å²) in [5, 5.41) is 21.1. The van der Waals surface area contributed by atoms with Crippen LogP contribution in [0.25, 0.3) is 10.4 Å². The number of hydrogen-bond donors (Lipinski definition) is 5. The van der Waals surface area contributed by atoms with Crippen molar-refractivity contribution >= 4 is 35.4 Å². The van der Waals surface area contributed by atoms with Gasteiger partial charge in [0, 0.05) is 46.2 Å². The van der Waals surface area contributed by atoms with Crippen molar-refractivity contribution in [2.24, 2.45) is 10.8 Å². The molecule has 0 spiro atoms. The molecule has 1 unspecified atom stereocenters. The first-order valence-electron chi connectivity index (χ1n) is 11.9. The Kier molecular flexibility index (Phi) is 12.2. The largest absolute Gasteiger partial charge is 0.481 e. The number of hydrogen-bond acceptors (Lipinski definition) is 6. The van der Waals surface area contributed by atoms with Crippen LogP contribution in [0.3, 0.4) is 0 Å². The van der Waals surface area contributed by atoms with Gasteiger partial charge in [-0.05, 0) is 36.9 Å². The van der Waals surface area contributed by atoms with E-state index in [1.54, 1.807) is 24.3 Å². The lowest BCUT2D eigenvalue weighted by Gasteiger charge is -2.16. The van der Waals surface area contributed by atoms with E-state index in [4.69, 9.17) is 16.4 Å². The maximum atomic E-state index is 12.0. The highest BCUT2D eigenvalue weighted by Crippen LogP contribution is 2.33. The molecule has 0 radical (unpaired) electrons. The van der Waals surface area contributed by atoms with Gasteiger partial charge in [0.15, 0.2) is 0 Å². The van der Waals surface area contributed by atoms with E-state index in [-0.39, 0.29) is 36.5 Å². The molecule has 3 amide bonds. The van der Waals surface area contributed by atoms with Crippen molar-refractivity contribution in [3.8, 4) is 0 Å². The number of carbonyl (C=O) groups is 3. The summed E-state index contributed by atoms with van der Waals surface area (Å²) >= 11 is 1.87. The number of carbonyl (C=O) groups excluding carboxylic acids is 2. The quantitative estimate of drug-likeness (QED) is 0.0949. The van der Waals surface area contributed by atoms with Gasteiger partial charge in [-0.2, -0.15) is 11.8 Å². The zero-order chi connectivity index (χ0) is 25.6. The van der Waals surface area contributed by atoms with E-state index < -0.39 is 5.97 Å². The number of nitrogens with two attached hydrogens (primary N) is 1. The zero-order valence-corrected chi connectivity index (χ0v) is 20.8. The van der Waals surface area contributed by atoms with E-state index in [2.05, 4.69) is 32.9 Å². The third kappa shape index (κ3) is 9.67. The fraction of sp³-hybridized carbons (Fsp3) is 0.609. The van der Waals surface area contributed by atoms with E-state index >= 15 is 0 Å². The van der Waals surface area contributed by atoms with E-state index in [0.717, 1.165) is 44.3 Å². The first-order chi connectivity index (χ1) is 16.9. The third-order valence-electron chi connectivity index (χ3n) is 5.88. The number of benzene rings is 1.